The molecule has 0 bridgehead atoms. The summed E-state index contributed by atoms with van der Waals surface area (Å²) in [6, 6.07) is 15.8. The van der Waals surface area contributed by atoms with Crippen LogP contribution in [0.5, 0.6) is 5.75 Å². The number of hydrogen-bond acceptors (Lipinski definition) is 3. The Bertz CT molecular complexity index is 963. The second kappa shape index (κ2) is 7.27. The van der Waals surface area contributed by atoms with E-state index in [0.29, 0.717) is 31.0 Å². The van der Waals surface area contributed by atoms with E-state index >= 15 is 0 Å². The summed E-state index contributed by atoms with van der Waals surface area (Å²) in [6.07, 6.45) is 3.92. The number of fused-ring (bicyclic) bond motifs is 1. The van der Waals surface area contributed by atoms with Gasteiger partial charge in [0.25, 0.3) is 5.91 Å². The van der Waals surface area contributed by atoms with Gasteiger partial charge in [-0.2, -0.15) is 5.10 Å². The number of ether oxygens (including phenoxy) is 1. The number of carbonyl (C=O) groups is 1. The fraction of sp³-hybridized carbons (Fsp3) is 0.273. The standard InChI is InChI=1S/C22H23N3O2/c1-3-27-21-11-7-6-10-19(21)22(26)25-14-16-8-4-5-9-18(16)20(15-25)17-12-23-24(2)13-17/h4-13,20H,3,14-15H2,1-2H3. The molecule has 5 heteroatoms. The van der Waals surface area contributed by atoms with Crippen molar-refractivity contribution in [2.45, 2.75) is 19.4 Å². The van der Waals surface area contributed by atoms with Gasteiger partial charge in [0.05, 0.1) is 18.4 Å². The maximum atomic E-state index is 13.3. The molecule has 1 atom stereocenters. The van der Waals surface area contributed by atoms with E-state index in [1.165, 1.54) is 11.1 Å². The predicted octanol–water partition coefficient (Wildman–Crippen LogP) is 3.61. The van der Waals surface area contributed by atoms with Crippen LogP contribution in [0.4, 0.5) is 0 Å². The molecule has 0 fully saturated rings. The van der Waals surface area contributed by atoms with E-state index in [0.717, 1.165) is 5.56 Å². The molecule has 138 valence electrons. The zero-order valence-corrected chi connectivity index (χ0v) is 15.6. The van der Waals surface area contributed by atoms with Crippen molar-refractivity contribution in [2.75, 3.05) is 13.2 Å². The summed E-state index contributed by atoms with van der Waals surface area (Å²) >= 11 is 0. The fourth-order valence-electron chi connectivity index (χ4n) is 3.76. The average Bonchev–Trinajstić information content (AvgIpc) is 3.13. The third-order valence-corrected chi connectivity index (χ3v) is 5.03. The van der Waals surface area contributed by atoms with Crippen LogP contribution in [0.3, 0.4) is 0 Å². The van der Waals surface area contributed by atoms with Crippen LogP contribution in [0.1, 0.15) is 39.9 Å². The topological polar surface area (TPSA) is 47.4 Å². The first-order valence-corrected chi connectivity index (χ1v) is 9.24. The maximum absolute atomic E-state index is 13.3. The zero-order chi connectivity index (χ0) is 18.8. The monoisotopic (exact) mass is 361 g/mol. The van der Waals surface area contributed by atoms with Crippen LogP contribution in [0, 0.1) is 0 Å². The molecule has 1 aromatic heterocycles. The van der Waals surface area contributed by atoms with Gasteiger partial charge in [0.1, 0.15) is 5.75 Å². The molecule has 0 spiro atoms. The lowest BCUT2D eigenvalue weighted by Gasteiger charge is -2.34. The molecule has 0 saturated heterocycles. The van der Waals surface area contributed by atoms with Crippen molar-refractivity contribution in [1.82, 2.24) is 14.7 Å². The molecule has 1 unspecified atom stereocenters. The van der Waals surface area contributed by atoms with E-state index < -0.39 is 0 Å². The molecule has 0 N–H and O–H groups in total. The molecule has 2 heterocycles. The fourth-order valence-corrected chi connectivity index (χ4v) is 3.76. The minimum absolute atomic E-state index is 0.00226. The summed E-state index contributed by atoms with van der Waals surface area (Å²) < 4.78 is 7.48. The van der Waals surface area contributed by atoms with Gasteiger partial charge in [0.15, 0.2) is 0 Å². The molecule has 2 aromatic carbocycles. The molecule has 0 radical (unpaired) electrons. The number of rotatable bonds is 4. The Morgan fingerprint density at radius 3 is 2.74 bits per heavy atom. The first-order valence-electron chi connectivity index (χ1n) is 9.24. The van der Waals surface area contributed by atoms with E-state index in [9.17, 15) is 4.79 Å². The van der Waals surface area contributed by atoms with Crippen LogP contribution in [-0.2, 0) is 13.6 Å². The van der Waals surface area contributed by atoms with Crippen molar-refractivity contribution >= 4 is 5.91 Å². The summed E-state index contributed by atoms with van der Waals surface area (Å²) in [6.45, 7) is 3.69. The first-order chi connectivity index (χ1) is 13.2. The Morgan fingerprint density at radius 1 is 1.19 bits per heavy atom. The number of hydrogen-bond donors (Lipinski definition) is 0. The summed E-state index contributed by atoms with van der Waals surface area (Å²) in [5, 5.41) is 4.32. The van der Waals surface area contributed by atoms with Crippen molar-refractivity contribution in [3.8, 4) is 5.75 Å². The van der Waals surface area contributed by atoms with Crippen LogP contribution < -0.4 is 4.74 Å². The first kappa shape index (κ1) is 17.3. The van der Waals surface area contributed by atoms with Gasteiger partial charge in [-0.3, -0.25) is 9.48 Å². The molecule has 3 aromatic rings. The number of carbonyl (C=O) groups excluding carboxylic acids is 1. The largest absolute Gasteiger partial charge is 0.493 e. The predicted molar refractivity (Wildman–Crippen MR) is 104 cm³/mol. The third-order valence-electron chi connectivity index (χ3n) is 5.03. The molecular weight excluding hydrogens is 338 g/mol. The number of benzene rings is 2. The lowest BCUT2D eigenvalue weighted by atomic mass is 9.86. The molecule has 0 saturated carbocycles. The van der Waals surface area contributed by atoms with Crippen molar-refractivity contribution in [3.05, 3.63) is 83.2 Å². The Kier molecular flexibility index (Phi) is 4.67. The molecule has 1 amide bonds. The molecule has 0 aliphatic carbocycles. The van der Waals surface area contributed by atoms with Gasteiger partial charge in [-0.15, -0.1) is 0 Å². The summed E-state index contributed by atoms with van der Waals surface area (Å²) in [7, 11) is 1.92. The molecular formula is C22H23N3O2. The van der Waals surface area contributed by atoms with Crippen molar-refractivity contribution in [1.29, 1.82) is 0 Å². The highest BCUT2D eigenvalue weighted by Gasteiger charge is 2.31. The molecule has 4 rings (SSSR count). The van der Waals surface area contributed by atoms with E-state index in [-0.39, 0.29) is 11.8 Å². The second-order valence-electron chi connectivity index (χ2n) is 6.81. The van der Waals surface area contributed by atoms with Crippen molar-refractivity contribution < 1.29 is 9.53 Å². The van der Waals surface area contributed by atoms with Gasteiger partial charge < -0.3 is 9.64 Å². The van der Waals surface area contributed by atoms with E-state index in [2.05, 4.69) is 23.3 Å². The van der Waals surface area contributed by atoms with Crippen LogP contribution >= 0.6 is 0 Å². The Balaban J connectivity index is 1.70. The number of para-hydroxylation sites is 1. The summed E-state index contributed by atoms with van der Waals surface area (Å²) in [5.74, 6) is 0.760. The molecule has 1 aliphatic rings. The minimum atomic E-state index is 0.00226. The number of amides is 1. The lowest BCUT2D eigenvalue weighted by Crippen LogP contribution is -2.38. The Hall–Kier alpha value is -3.08. The summed E-state index contributed by atoms with van der Waals surface area (Å²) in [4.78, 5) is 15.2. The summed E-state index contributed by atoms with van der Waals surface area (Å²) in [5.41, 5.74) is 4.19. The lowest BCUT2D eigenvalue weighted by molar-refractivity contribution is 0.0721. The second-order valence-corrected chi connectivity index (χ2v) is 6.81. The highest BCUT2D eigenvalue weighted by Crippen LogP contribution is 2.34. The number of aromatic nitrogens is 2. The van der Waals surface area contributed by atoms with Gasteiger partial charge in [-0.1, -0.05) is 36.4 Å². The van der Waals surface area contributed by atoms with Crippen molar-refractivity contribution in [2.24, 2.45) is 7.05 Å². The molecule has 27 heavy (non-hydrogen) atoms. The van der Waals surface area contributed by atoms with Gasteiger partial charge in [-0.05, 0) is 35.7 Å². The van der Waals surface area contributed by atoms with E-state index in [4.69, 9.17) is 4.74 Å². The quantitative estimate of drug-likeness (QED) is 0.713. The van der Waals surface area contributed by atoms with Gasteiger partial charge >= 0.3 is 0 Å². The Labute approximate surface area is 159 Å². The zero-order valence-electron chi connectivity index (χ0n) is 15.6. The van der Waals surface area contributed by atoms with Crippen LogP contribution in [0.2, 0.25) is 0 Å². The number of nitrogens with zero attached hydrogens (tertiary/aromatic N) is 3. The van der Waals surface area contributed by atoms with Gasteiger partial charge in [-0.25, -0.2) is 0 Å². The van der Waals surface area contributed by atoms with Gasteiger partial charge in [0, 0.05) is 32.3 Å². The smallest absolute Gasteiger partial charge is 0.257 e. The van der Waals surface area contributed by atoms with Crippen LogP contribution in [-0.4, -0.2) is 33.7 Å². The normalized spacial score (nSPS) is 16.1. The highest BCUT2D eigenvalue weighted by atomic mass is 16.5. The minimum Gasteiger partial charge on any atom is -0.493 e. The van der Waals surface area contributed by atoms with Gasteiger partial charge in [0.2, 0.25) is 0 Å². The van der Waals surface area contributed by atoms with E-state index in [1.807, 2.05) is 66.3 Å². The SMILES string of the molecule is CCOc1ccccc1C(=O)N1Cc2ccccc2C(c2cnn(C)c2)C1. The molecule has 5 nitrogen and oxygen atoms in total. The van der Waals surface area contributed by atoms with Crippen LogP contribution in [0.25, 0.3) is 0 Å². The van der Waals surface area contributed by atoms with E-state index in [1.54, 1.807) is 0 Å². The van der Waals surface area contributed by atoms with Crippen molar-refractivity contribution in [3.63, 3.8) is 0 Å². The average molecular weight is 361 g/mol. The highest BCUT2D eigenvalue weighted by molar-refractivity contribution is 5.97. The molecule has 1 aliphatic heterocycles. The van der Waals surface area contributed by atoms with Crippen LogP contribution in [0.15, 0.2) is 60.9 Å². The maximum Gasteiger partial charge on any atom is 0.257 e. The number of aryl methyl sites for hydroxylation is 1. The third kappa shape index (κ3) is 3.33. The Morgan fingerprint density at radius 2 is 1.96 bits per heavy atom.